The molecule has 372 valence electrons. The zero-order valence-corrected chi connectivity index (χ0v) is 43.8. The Labute approximate surface area is 423 Å². The van der Waals surface area contributed by atoms with Crippen molar-refractivity contribution in [2.75, 3.05) is 31.1 Å². The maximum absolute atomic E-state index is 13.5. The summed E-state index contributed by atoms with van der Waals surface area (Å²) in [6, 6.07) is 38.2. The van der Waals surface area contributed by atoms with Gasteiger partial charge in [0, 0.05) is 65.6 Å². The summed E-state index contributed by atoms with van der Waals surface area (Å²) in [4.78, 5) is 2.17. The first kappa shape index (κ1) is 50.6. The van der Waals surface area contributed by atoms with Gasteiger partial charge in [0.05, 0.1) is 15.2 Å². The van der Waals surface area contributed by atoms with E-state index in [9.17, 15) is 26.6 Å². The van der Waals surface area contributed by atoms with E-state index in [1.54, 1.807) is 24.3 Å². The van der Waals surface area contributed by atoms with Gasteiger partial charge in [-0.25, -0.2) is 17.9 Å². The summed E-state index contributed by atoms with van der Waals surface area (Å²) in [5.74, 6) is 0. The number of halogens is 1. The number of rotatable bonds is 15. The Kier molecular flexibility index (Phi) is 13.2. The van der Waals surface area contributed by atoms with E-state index in [4.69, 9.17) is 11.6 Å². The Bertz CT molecular complexity index is 3390. The second-order valence-corrected chi connectivity index (χ2v) is 25.8. The van der Waals surface area contributed by atoms with Crippen LogP contribution in [0.2, 0.25) is 0 Å². The van der Waals surface area contributed by atoms with Crippen molar-refractivity contribution in [3.63, 3.8) is 0 Å². The summed E-state index contributed by atoms with van der Waals surface area (Å²) in [7, 11) is -10.5. The molecule has 0 bridgehead atoms. The molecule has 2 heterocycles. The fourth-order valence-electron chi connectivity index (χ4n) is 10.8. The third kappa shape index (κ3) is 9.82. The van der Waals surface area contributed by atoms with Crippen LogP contribution in [0.5, 0.6) is 0 Å². The van der Waals surface area contributed by atoms with Crippen molar-refractivity contribution in [2.24, 2.45) is 0 Å². The van der Waals surface area contributed by atoms with Crippen molar-refractivity contribution in [3.8, 4) is 0 Å². The Morgan fingerprint density at radius 2 is 1.20 bits per heavy atom. The van der Waals surface area contributed by atoms with Crippen LogP contribution in [0.1, 0.15) is 82.1 Å². The molecule has 0 saturated carbocycles. The second-order valence-electron chi connectivity index (χ2n) is 20.4. The van der Waals surface area contributed by atoms with E-state index in [2.05, 4.69) is 144 Å². The fraction of sp³-hybridized carbons (Fsp3) is 0.293. The molecule has 0 atom stereocenters. The SMILES string of the molecule is Cc1ccc(S(=O)(O)(O)NCCCN2/C(=C/C=C3\CCCC(/C=C/C4=[N+](CCCNS(=O)(O)(O)c5ccc(C)cc5)c5ccc6ccccc6c5C4(C)C)=C3Cl)C(C)(C)c3c2ccc2ccccc32)cc1. The number of nitrogens with zero attached hydrogens (tertiary/aromatic N) is 2. The molecule has 3 aliphatic rings. The Morgan fingerprint density at radius 3 is 1.80 bits per heavy atom. The van der Waals surface area contributed by atoms with E-state index in [0.29, 0.717) is 25.9 Å². The van der Waals surface area contributed by atoms with Crippen LogP contribution in [-0.4, -0.2) is 63.1 Å². The standard InChI is InChI=1S/C58H65ClN4O6S2/c1-40-20-28-46(29-21-40)70(64,65,66)60-36-12-38-62-50-32-24-42-14-7-9-18-48(42)54(50)57(3,4)52(62)34-26-44-16-11-17-45(56(44)59)27-35-53-58(5,6)55-49-19-10-8-15-43(49)25-33-51(55)63(53)39-13-37-61-71(67,68,69)47-30-22-41(2)23-31-47/h7-10,14-15,18-35H,11-13,16-17,36-39H2,1-6H3,(H5-,60,61,64,65,66,67,68,69)/p+1. The second kappa shape index (κ2) is 18.6. The smallest absolute Gasteiger partial charge is 0.210 e. The van der Waals surface area contributed by atoms with E-state index in [0.717, 1.165) is 80.1 Å². The number of aryl methyl sites for hydroxylation is 2. The maximum atomic E-state index is 13.5. The first-order valence-corrected chi connectivity index (χ1v) is 28.6. The number of fused-ring (bicyclic) bond motifs is 6. The molecule has 1 aliphatic carbocycles. The summed E-state index contributed by atoms with van der Waals surface area (Å²) >= 11 is 7.43. The molecule has 6 aromatic carbocycles. The molecule has 0 saturated heterocycles. The van der Waals surface area contributed by atoms with Gasteiger partial charge in [-0.1, -0.05) is 128 Å². The molecule has 0 unspecified atom stereocenters. The quantitative estimate of drug-likeness (QED) is 0.0444. The zero-order chi connectivity index (χ0) is 50.6. The highest BCUT2D eigenvalue weighted by Gasteiger charge is 2.46. The van der Waals surface area contributed by atoms with Crippen molar-refractivity contribution in [3.05, 3.63) is 190 Å². The van der Waals surface area contributed by atoms with E-state index < -0.39 is 30.5 Å². The normalized spacial score (nSPS) is 19.2. The van der Waals surface area contributed by atoms with Gasteiger partial charge in [-0.15, -0.1) is 0 Å². The molecule has 0 spiro atoms. The largest absolute Gasteiger partial charge is 0.344 e. The fourth-order valence-corrected chi connectivity index (χ4v) is 13.8. The molecule has 9 rings (SSSR count). The van der Waals surface area contributed by atoms with Gasteiger partial charge in [-0.3, -0.25) is 18.2 Å². The monoisotopic (exact) mass is 1010 g/mol. The van der Waals surface area contributed by atoms with Crippen molar-refractivity contribution < 1.29 is 31.2 Å². The lowest BCUT2D eigenvalue weighted by atomic mass is 9.78. The molecular formula is C58H66ClN4O6S2+. The Morgan fingerprint density at radius 1 is 0.648 bits per heavy atom. The van der Waals surface area contributed by atoms with Crippen LogP contribution in [-0.2, 0) is 30.5 Å². The van der Waals surface area contributed by atoms with Gasteiger partial charge in [0.15, 0.2) is 31.9 Å². The number of allylic oxidation sites excluding steroid dienone is 8. The molecule has 71 heavy (non-hydrogen) atoms. The van der Waals surface area contributed by atoms with Crippen molar-refractivity contribution in [1.29, 1.82) is 0 Å². The predicted octanol–water partition coefficient (Wildman–Crippen LogP) is 13.3. The number of benzene rings is 6. The maximum Gasteiger partial charge on any atom is 0.210 e. The van der Waals surface area contributed by atoms with Crippen molar-refractivity contribution >= 4 is 69.9 Å². The lowest BCUT2D eigenvalue weighted by Crippen LogP contribution is -2.47. The first-order chi connectivity index (χ1) is 33.5. The van der Waals surface area contributed by atoms with Crippen molar-refractivity contribution in [1.82, 2.24) is 9.44 Å². The molecule has 0 fully saturated rings. The highest BCUT2D eigenvalue weighted by atomic mass is 35.5. The molecule has 13 heteroatoms. The predicted molar refractivity (Wildman–Crippen MR) is 294 cm³/mol. The minimum atomic E-state index is -5.27. The molecular weight excluding hydrogens is 948 g/mol. The number of anilines is 1. The molecule has 0 aromatic heterocycles. The van der Waals surface area contributed by atoms with Crippen LogP contribution in [0.4, 0.5) is 11.4 Å². The average Bonchev–Trinajstić information content (AvgIpc) is 3.68. The lowest BCUT2D eigenvalue weighted by molar-refractivity contribution is -0.437. The van der Waals surface area contributed by atoms with Crippen LogP contribution in [0.25, 0.3) is 21.5 Å². The summed E-state index contributed by atoms with van der Waals surface area (Å²) < 4.78 is 78.3. The number of hydrogen-bond acceptors (Lipinski definition) is 3. The minimum Gasteiger partial charge on any atom is -0.344 e. The van der Waals surface area contributed by atoms with Crippen LogP contribution < -0.4 is 14.3 Å². The summed E-state index contributed by atoms with van der Waals surface area (Å²) in [5.41, 5.74) is 9.85. The molecule has 10 nitrogen and oxygen atoms in total. The summed E-state index contributed by atoms with van der Waals surface area (Å²) in [6.07, 6.45) is 12.2. The van der Waals surface area contributed by atoms with Gasteiger partial charge >= 0.3 is 0 Å². The summed E-state index contributed by atoms with van der Waals surface area (Å²) in [6.45, 7) is 14.0. The molecule has 6 aromatic rings. The molecule has 0 radical (unpaired) electrons. The zero-order valence-electron chi connectivity index (χ0n) is 41.4. The Hall–Kier alpha value is -5.38. The average molecular weight is 1010 g/mol. The van der Waals surface area contributed by atoms with Gasteiger partial charge in [-0.05, 0) is 134 Å². The highest BCUT2D eigenvalue weighted by Crippen LogP contribution is 2.51. The first-order valence-electron chi connectivity index (χ1n) is 24.5. The van der Waals surface area contributed by atoms with Crippen molar-refractivity contribution in [2.45, 2.75) is 94.3 Å². The van der Waals surface area contributed by atoms with Gasteiger partial charge in [-0.2, -0.15) is 4.58 Å². The molecule has 0 amide bonds. The molecule has 6 N–H and O–H groups in total. The van der Waals surface area contributed by atoms with Crippen LogP contribution >= 0.6 is 11.6 Å². The van der Waals surface area contributed by atoms with Crippen LogP contribution in [0, 0.1) is 13.8 Å². The topological polar surface area (TPSA) is 145 Å². The summed E-state index contributed by atoms with van der Waals surface area (Å²) in [5, 5.41) is 5.37. The number of nitrogens with one attached hydrogen (secondary N) is 2. The van der Waals surface area contributed by atoms with Gasteiger partial charge in [0.1, 0.15) is 0 Å². The van der Waals surface area contributed by atoms with E-state index in [1.807, 2.05) is 13.8 Å². The number of hydrogen-bond donors (Lipinski definition) is 6. The van der Waals surface area contributed by atoms with Gasteiger partial charge < -0.3 is 4.90 Å². The van der Waals surface area contributed by atoms with E-state index in [1.165, 1.54) is 46.2 Å². The Balaban J connectivity index is 1.02. The third-order valence-electron chi connectivity index (χ3n) is 14.6. The molecule has 2 aliphatic heterocycles. The van der Waals surface area contributed by atoms with E-state index >= 15 is 0 Å². The van der Waals surface area contributed by atoms with Gasteiger partial charge in [0.2, 0.25) is 5.69 Å². The highest BCUT2D eigenvalue weighted by molar-refractivity contribution is 8.08. The third-order valence-corrected chi connectivity index (χ3v) is 18.8. The lowest BCUT2D eigenvalue weighted by Gasteiger charge is -2.32. The van der Waals surface area contributed by atoms with Gasteiger partial charge in [0.25, 0.3) is 0 Å². The van der Waals surface area contributed by atoms with Crippen LogP contribution in [0.3, 0.4) is 0 Å². The van der Waals surface area contributed by atoms with E-state index in [-0.39, 0.29) is 22.9 Å². The minimum absolute atomic E-state index is 0.0620. The van der Waals surface area contributed by atoms with Crippen LogP contribution in [0.15, 0.2) is 177 Å².